The Morgan fingerprint density at radius 1 is 0.926 bits per heavy atom. The third-order valence-corrected chi connectivity index (χ3v) is 7.06. The third kappa shape index (κ3) is 3.48. The molecule has 4 aliphatic carbocycles. The van der Waals surface area contributed by atoms with E-state index in [1.165, 1.54) is 38.5 Å². The van der Waals surface area contributed by atoms with Crippen LogP contribution in [0.2, 0.25) is 0 Å². The Hall–Kier alpha value is -1.91. The van der Waals surface area contributed by atoms with Gasteiger partial charge in [-0.1, -0.05) is 0 Å². The molecule has 4 aliphatic rings. The summed E-state index contributed by atoms with van der Waals surface area (Å²) < 4.78 is 16.0. The number of hydrogen-bond acceptors (Lipinski definition) is 4. The molecule has 1 aromatic rings. The van der Waals surface area contributed by atoms with Crippen LogP contribution < -0.4 is 19.5 Å². The summed E-state index contributed by atoms with van der Waals surface area (Å²) in [5, 5.41) is 3.12. The third-order valence-electron chi connectivity index (χ3n) is 7.06. The Bertz CT molecular complexity index is 679. The first-order valence-corrected chi connectivity index (χ1v) is 10.1. The van der Waals surface area contributed by atoms with Crippen molar-refractivity contribution in [1.29, 1.82) is 0 Å². The summed E-state index contributed by atoms with van der Waals surface area (Å²) in [4.78, 5) is 12.8. The van der Waals surface area contributed by atoms with Crippen LogP contribution in [-0.4, -0.2) is 33.8 Å². The molecule has 1 amide bonds. The van der Waals surface area contributed by atoms with Crippen molar-refractivity contribution in [2.24, 2.45) is 23.2 Å². The Labute approximate surface area is 161 Å². The second kappa shape index (κ2) is 7.25. The minimum absolute atomic E-state index is 0.113. The maximum absolute atomic E-state index is 12.8. The molecule has 0 aliphatic heterocycles. The van der Waals surface area contributed by atoms with Crippen LogP contribution in [0.1, 0.15) is 55.3 Å². The van der Waals surface area contributed by atoms with Gasteiger partial charge in [-0.05, 0) is 68.1 Å². The fourth-order valence-corrected chi connectivity index (χ4v) is 6.34. The Balaban J connectivity index is 1.41. The predicted octanol–water partition coefficient (Wildman–Crippen LogP) is 4.05. The lowest BCUT2D eigenvalue weighted by molar-refractivity contribution is -0.0564. The standard InChI is InChI=1S/C22H31NO4/c1-25-18-10-20(27-3)19(26-2)9-17(18)21(24)23-5-4-22-11-14-6-15(12-22)8-16(7-14)13-22/h9-10,14-16H,4-8,11-13H2,1-3H3,(H,23,24). The molecule has 0 heterocycles. The Morgan fingerprint density at radius 2 is 1.44 bits per heavy atom. The molecule has 1 N–H and O–H groups in total. The average molecular weight is 373 g/mol. The molecule has 0 spiro atoms. The smallest absolute Gasteiger partial charge is 0.255 e. The molecule has 1 aromatic carbocycles. The number of rotatable bonds is 7. The monoisotopic (exact) mass is 373 g/mol. The average Bonchev–Trinajstić information content (AvgIpc) is 2.65. The highest BCUT2D eigenvalue weighted by atomic mass is 16.5. The molecule has 0 unspecified atom stereocenters. The van der Waals surface area contributed by atoms with Gasteiger partial charge in [-0.25, -0.2) is 0 Å². The van der Waals surface area contributed by atoms with Crippen LogP contribution in [0.25, 0.3) is 0 Å². The van der Waals surface area contributed by atoms with Crippen LogP contribution >= 0.6 is 0 Å². The lowest BCUT2D eigenvalue weighted by Crippen LogP contribution is -2.47. The van der Waals surface area contributed by atoms with Gasteiger partial charge < -0.3 is 19.5 Å². The van der Waals surface area contributed by atoms with Crippen LogP contribution in [0.15, 0.2) is 12.1 Å². The van der Waals surface area contributed by atoms with E-state index in [9.17, 15) is 4.79 Å². The van der Waals surface area contributed by atoms with E-state index in [1.807, 2.05) is 0 Å². The highest BCUT2D eigenvalue weighted by Gasteiger charge is 2.50. The number of benzene rings is 1. The minimum Gasteiger partial charge on any atom is -0.496 e. The van der Waals surface area contributed by atoms with E-state index in [0.29, 0.717) is 28.2 Å². The maximum Gasteiger partial charge on any atom is 0.255 e. The highest BCUT2D eigenvalue weighted by Crippen LogP contribution is 2.61. The molecule has 4 bridgehead atoms. The molecule has 148 valence electrons. The van der Waals surface area contributed by atoms with Crippen LogP contribution in [0, 0.1) is 23.2 Å². The van der Waals surface area contributed by atoms with Gasteiger partial charge >= 0.3 is 0 Å². The fourth-order valence-electron chi connectivity index (χ4n) is 6.34. The molecular formula is C22H31NO4. The van der Waals surface area contributed by atoms with Crippen molar-refractivity contribution in [3.63, 3.8) is 0 Å². The summed E-state index contributed by atoms with van der Waals surface area (Å²) in [6.45, 7) is 0.725. The first-order chi connectivity index (χ1) is 13.1. The van der Waals surface area contributed by atoms with E-state index in [2.05, 4.69) is 5.32 Å². The number of carbonyl (C=O) groups excluding carboxylic acids is 1. The van der Waals surface area contributed by atoms with Crippen LogP contribution in [0.4, 0.5) is 0 Å². The summed E-state index contributed by atoms with van der Waals surface area (Å²) in [6.07, 6.45) is 9.56. The zero-order chi connectivity index (χ0) is 19.0. The van der Waals surface area contributed by atoms with Gasteiger partial charge in [-0.3, -0.25) is 4.79 Å². The lowest BCUT2D eigenvalue weighted by Gasteiger charge is -2.57. The largest absolute Gasteiger partial charge is 0.496 e. The van der Waals surface area contributed by atoms with Crippen molar-refractivity contribution in [3.8, 4) is 17.2 Å². The van der Waals surface area contributed by atoms with E-state index < -0.39 is 0 Å². The maximum atomic E-state index is 12.8. The molecule has 27 heavy (non-hydrogen) atoms. The normalized spacial score (nSPS) is 30.9. The van der Waals surface area contributed by atoms with Crippen molar-refractivity contribution in [1.82, 2.24) is 5.32 Å². The van der Waals surface area contributed by atoms with Gasteiger partial charge in [0.25, 0.3) is 5.91 Å². The van der Waals surface area contributed by atoms with Gasteiger partial charge in [-0.2, -0.15) is 0 Å². The summed E-state index contributed by atoms with van der Waals surface area (Å²) in [7, 11) is 4.70. The van der Waals surface area contributed by atoms with E-state index in [4.69, 9.17) is 14.2 Å². The van der Waals surface area contributed by atoms with Crippen molar-refractivity contribution in [3.05, 3.63) is 17.7 Å². The molecule has 5 heteroatoms. The molecular weight excluding hydrogens is 342 g/mol. The van der Waals surface area contributed by atoms with Gasteiger partial charge in [0.15, 0.2) is 11.5 Å². The molecule has 0 aromatic heterocycles. The number of methoxy groups -OCH3 is 3. The summed E-state index contributed by atoms with van der Waals surface area (Å²) in [5.41, 5.74) is 0.963. The van der Waals surface area contributed by atoms with Gasteiger partial charge in [0.1, 0.15) is 5.75 Å². The predicted molar refractivity (Wildman–Crippen MR) is 104 cm³/mol. The SMILES string of the molecule is COc1cc(OC)c(C(=O)NCCC23CC4CC(CC(C4)C2)C3)cc1OC. The number of ether oxygens (including phenoxy) is 3. The first kappa shape index (κ1) is 18.5. The van der Waals surface area contributed by atoms with Gasteiger partial charge in [0.2, 0.25) is 0 Å². The number of hydrogen-bond donors (Lipinski definition) is 1. The van der Waals surface area contributed by atoms with Crippen molar-refractivity contribution in [2.45, 2.75) is 44.9 Å². The zero-order valence-electron chi connectivity index (χ0n) is 16.7. The van der Waals surface area contributed by atoms with E-state index >= 15 is 0 Å². The zero-order valence-corrected chi connectivity index (χ0v) is 16.7. The number of amides is 1. The van der Waals surface area contributed by atoms with Crippen LogP contribution in [-0.2, 0) is 0 Å². The summed E-state index contributed by atoms with van der Waals surface area (Å²) in [6, 6.07) is 3.39. The number of nitrogens with one attached hydrogen (secondary N) is 1. The summed E-state index contributed by atoms with van der Waals surface area (Å²) >= 11 is 0. The molecule has 4 fully saturated rings. The molecule has 4 saturated carbocycles. The molecule has 0 radical (unpaired) electrons. The fraction of sp³-hybridized carbons (Fsp3) is 0.682. The molecule has 5 rings (SSSR count). The van der Waals surface area contributed by atoms with Gasteiger partial charge in [0.05, 0.1) is 26.9 Å². The van der Waals surface area contributed by atoms with Gasteiger partial charge in [0, 0.05) is 18.7 Å². The summed E-state index contributed by atoms with van der Waals surface area (Å²) in [5.74, 6) is 4.30. The quantitative estimate of drug-likeness (QED) is 0.783. The minimum atomic E-state index is -0.113. The lowest BCUT2D eigenvalue weighted by atomic mass is 9.49. The van der Waals surface area contributed by atoms with E-state index in [1.54, 1.807) is 33.5 Å². The van der Waals surface area contributed by atoms with Crippen molar-refractivity contribution < 1.29 is 19.0 Å². The second-order valence-electron chi connectivity index (χ2n) is 8.83. The van der Waals surface area contributed by atoms with Crippen molar-refractivity contribution in [2.75, 3.05) is 27.9 Å². The number of carbonyl (C=O) groups is 1. The Morgan fingerprint density at radius 3 is 1.96 bits per heavy atom. The molecule has 0 saturated heterocycles. The molecule has 0 atom stereocenters. The van der Waals surface area contributed by atoms with E-state index in [-0.39, 0.29) is 5.91 Å². The van der Waals surface area contributed by atoms with E-state index in [0.717, 1.165) is 30.7 Å². The second-order valence-corrected chi connectivity index (χ2v) is 8.83. The highest BCUT2D eigenvalue weighted by molar-refractivity contribution is 5.97. The first-order valence-electron chi connectivity index (χ1n) is 10.1. The van der Waals surface area contributed by atoms with Crippen molar-refractivity contribution >= 4 is 5.91 Å². The molecule has 5 nitrogen and oxygen atoms in total. The van der Waals surface area contributed by atoms with Crippen LogP contribution in [0.3, 0.4) is 0 Å². The van der Waals surface area contributed by atoms with Gasteiger partial charge in [-0.15, -0.1) is 0 Å². The Kier molecular flexibility index (Phi) is 4.95. The topological polar surface area (TPSA) is 56.8 Å². The van der Waals surface area contributed by atoms with Crippen LogP contribution in [0.5, 0.6) is 17.2 Å².